The van der Waals surface area contributed by atoms with E-state index in [1.54, 1.807) is 23.1 Å². The molecule has 1 aliphatic carbocycles. The van der Waals surface area contributed by atoms with Crippen LogP contribution in [0.15, 0.2) is 6.07 Å². The minimum Gasteiger partial charge on any atom is -0.480 e. The maximum atomic E-state index is 12.6. The zero-order valence-corrected chi connectivity index (χ0v) is 14.9. The van der Waals surface area contributed by atoms with Crippen molar-refractivity contribution in [2.75, 3.05) is 11.5 Å². The van der Waals surface area contributed by atoms with Crippen LogP contribution in [-0.2, 0) is 17.6 Å². The Bertz CT molecular complexity index is 565. The van der Waals surface area contributed by atoms with Crippen molar-refractivity contribution in [1.82, 2.24) is 5.32 Å². The van der Waals surface area contributed by atoms with Crippen LogP contribution in [0.5, 0.6) is 0 Å². The van der Waals surface area contributed by atoms with E-state index in [0.717, 1.165) is 24.3 Å². The predicted octanol–water partition coefficient (Wildman–Crippen LogP) is 3.49. The summed E-state index contributed by atoms with van der Waals surface area (Å²) in [6.45, 7) is 0. The number of carboxylic acids is 1. The molecule has 0 aromatic carbocycles. The minimum atomic E-state index is -1.08. The summed E-state index contributed by atoms with van der Waals surface area (Å²) in [5, 5.41) is 12.4. The summed E-state index contributed by atoms with van der Waals surface area (Å²) < 4.78 is 0. The maximum Gasteiger partial charge on any atom is 0.329 e. The number of carbonyl (C=O) groups is 2. The fourth-order valence-corrected chi connectivity index (χ4v) is 5.69. The van der Waals surface area contributed by atoms with E-state index in [1.165, 1.54) is 36.1 Å². The molecule has 1 fully saturated rings. The lowest BCUT2D eigenvalue weighted by atomic mass is 9.92. The van der Waals surface area contributed by atoms with E-state index < -0.39 is 11.5 Å². The second kappa shape index (κ2) is 7.26. The molecule has 3 rings (SSSR count). The van der Waals surface area contributed by atoms with Crippen LogP contribution in [0.4, 0.5) is 0 Å². The molecule has 6 heteroatoms. The van der Waals surface area contributed by atoms with Crippen LogP contribution in [0.2, 0.25) is 0 Å². The third-order valence-electron chi connectivity index (χ3n) is 4.83. The van der Waals surface area contributed by atoms with Gasteiger partial charge in [-0.3, -0.25) is 4.79 Å². The van der Waals surface area contributed by atoms with E-state index in [4.69, 9.17) is 0 Å². The third-order valence-corrected chi connectivity index (χ3v) is 7.05. The molecule has 2 heterocycles. The van der Waals surface area contributed by atoms with Crippen molar-refractivity contribution in [3.63, 3.8) is 0 Å². The molecule has 126 valence electrons. The number of thioether (sulfide) groups is 1. The van der Waals surface area contributed by atoms with E-state index in [2.05, 4.69) is 5.32 Å². The monoisotopic (exact) mass is 353 g/mol. The second-order valence-electron chi connectivity index (χ2n) is 6.43. The number of thiophene rings is 1. The molecule has 1 aliphatic heterocycles. The Kier molecular flexibility index (Phi) is 5.31. The first-order chi connectivity index (χ1) is 11.1. The van der Waals surface area contributed by atoms with Crippen molar-refractivity contribution in [3.05, 3.63) is 21.4 Å². The van der Waals surface area contributed by atoms with Gasteiger partial charge in [-0.2, -0.15) is 11.8 Å². The first kappa shape index (κ1) is 16.8. The quantitative estimate of drug-likeness (QED) is 0.873. The fourth-order valence-electron chi connectivity index (χ4n) is 3.35. The van der Waals surface area contributed by atoms with Crippen LogP contribution in [0.1, 0.15) is 58.6 Å². The molecule has 4 nitrogen and oxygen atoms in total. The first-order valence-electron chi connectivity index (χ1n) is 8.36. The molecule has 1 saturated heterocycles. The standard InChI is InChI=1S/C17H23NO3S2/c19-15(18-17(16(20)21)7-9-22-10-8-17)14-11-12-5-3-1-2-4-6-13(12)23-14/h11H,1-10H2,(H,18,19)(H,20,21). The van der Waals surface area contributed by atoms with Crippen LogP contribution in [0, 0.1) is 0 Å². The highest BCUT2D eigenvalue weighted by molar-refractivity contribution is 7.99. The molecule has 0 atom stereocenters. The number of nitrogens with one attached hydrogen (secondary N) is 1. The highest BCUT2D eigenvalue weighted by Crippen LogP contribution is 2.31. The molecule has 0 radical (unpaired) electrons. The zero-order valence-electron chi connectivity index (χ0n) is 13.2. The molecular formula is C17H23NO3S2. The van der Waals surface area contributed by atoms with Crippen LogP contribution in [0.3, 0.4) is 0 Å². The molecule has 2 aliphatic rings. The van der Waals surface area contributed by atoms with Gasteiger partial charge in [0, 0.05) is 4.88 Å². The summed E-state index contributed by atoms with van der Waals surface area (Å²) >= 11 is 3.31. The maximum absolute atomic E-state index is 12.6. The molecule has 2 N–H and O–H groups in total. The molecule has 0 bridgehead atoms. The van der Waals surface area contributed by atoms with Gasteiger partial charge in [-0.1, -0.05) is 12.8 Å². The number of hydrogen-bond acceptors (Lipinski definition) is 4. The number of aryl methyl sites for hydroxylation is 2. The summed E-state index contributed by atoms with van der Waals surface area (Å²) in [6, 6.07) is 1.99. The van der Waals surface area contributed by atoms with E-state index in [1.807, 2.05) is 6.07 Å². The van der Waals surface area contributed by atoms with Crippen LogP contribution >= 0.6 is 23.1 Å². The van der Waals surface area contributed by atoms with Gasteiger partial charge in [-0.15, -0.1) is 11.3 Å². The average molecular weight is 354 g/mol. The van der Waals surface area contributed by atoms with Gasteiger partial charge >= 0.3 is 5.97 Å². The van der Waals surface area contributed by atoms with Crippen molar-refractivity contribution < 1.29 is 14.7 Å². The van der Waals surface area contributed by atoms with Crippen LogP contribution in [-0.4, -0.2) is 34.0 Å². The number of rotatable bonds is 3. The molecule has 1 aromatic rings. The summed E-state index contributed by atoms with van der Waals surface area (Å²) in [7, 11) is 0. The van der Waals surface area contributed by atoms with Gasteiger partial charge < -0.3 is 10.4 Å². The van der Waals surface area contributed by atoms with Gasteiger partial charge in [0.25, 0.3) is 5.91 Å². The van der Waals surface area contributed by atoms with Gasteiger partial charge in [0.1, 0.15) is 5.54 Å². The lowest BCUT2D eigenvalue weighted by molar-refractivity contribution is -0.144. The van der Waals surface area contributed by atoms with Crippen molar-refractivity contribution in [2.45, 2.75) is 56.9 Å². The van der Waals surface area contributed by atoms with Crippen molar-refractivity contribution in [2.24, 2.45) is 0 Å². The molecule has 0 spiro atoms. The van der Waals surface area contributed by atoms with Crippen LogP contribution < -0.4 is 5.32 Å². The minimum absolute atomic E-state index is 0.212. The van der Waals surface area contributed by atoms with Crippen LogP contribution in [0.25, 0.3) is 0 Å². The first-order valence-corrected chi connectivity index (χ1v) is 10.3. The van der Waals surface area contributed by atoms with E-state index in [-0.39, 0.29) is 5.91 Å². The SMILES string of the molecule is O=C(NC1(C(=O)O)CCSCC1)c1cc2c(s1)CCCCCC2. The fraction of sp³-hybridized carbons (Fsp3) is 0.647. The highest BCUT2D eigenvalue weighted by Gasteiger charge is 2.41. The topological polar surface area (TPSA) is 66.4 Å². The number of fused-ring (bicyclic) bond motifs is 1. The van der Waals surface area contributed by atoms with Gasteiger partial charge in [0.2, 0.25) is 0 Å². The lowest BCUT2D eigenvalue weighted by Crippen LogP contribution is -2.56. The normalized spacial score (nSPS) is 20.9. The van der Waals surface area contributed by atoms with Gasteiger partial charge in [0.15, 0.2) is 0 Å². The number of aliphatic carboxylic acids is 1. The number of carboxylic acid groups (broad SMARTS) is 1. The van der Waals surface area contributed by atoms with E-state index >= 15 is 0 Å². The number of amides is 1. The van der Waals surface area contributed by atoms with E-state index in [9.17, 15) is 14.7 Å². The van der Waals surface area contributed by atoms with Crippen molar-refractivity contribution in [3.8, 4) is 0 Å². The Balaban J connectivity index is 1.77. The Morgan fingerprint density at radius 1 is 1.09 bits per heavy atom. The largest absolute Gasteiger partial charge is 0.480 e. The second-order valence-corrected chi connectivity index (χ2v) is 8.79. The molecular weight excluding hydrogens is 330 g/mol. The highest BCUT2D eigenvalue weighted by atomic mass is 32.2. The van der Waals surface area contributed by atoms with Crippen molar-refractivity contribution >= 4 is 35.0 Å². The predicted molar refractivity (Wildman–Crippen MR) is 94.6 cm³/mol. The van der Waals surface area contributed by atoms with E-state index in [0.29, 0.717) is 17.7 Å². The van der Waals surface area contributed by atoms with Gasteiger partial charge in [-0.25, -0.2) is 4.79 Å². The summed E-state index contributed by atoms with van der Waals surface area (Å²) in [5.74, 6) is 0.457. The Labute approximate surface area is 145 Å². The zero-order chi connectivity index (χ0) is 16.3. The van der Waals surface area contributed by atoms with Gasteiger partial charge in [-0.05, 0) is 61.7 Å². The summed E-state index contributed by atoms with van der Waals surface area (Å²) in [5.41, 5.74) is 0.212. The lowest BCUT2D eigenvalue weighted by Gasteiger charge is -2.33. The Morgan fingerprint density at radius 3 is 2.48 bits per heavy atom. The average Bonchev–Trinajstić information content (AvgIpc) is 2.90. The summed E-state index contributed by atoms with van der Waals surface area (Å²) in [4.78, 5) is 26.3. The molecule has 0 saturated carbocycles. The summed E-state index contributed by atoms with van der Waals surface area (Å²) in [6.07, 6.45) is 7.99. The Hall–Kier alpha value is -1.01. The third kappa shape index (κ3) is 3.74. The molecule has 1 amide bonds. The smallest absolute Gasteiger partial charge is 0.329 e. The van der Waals surface area contributed by atoms with Crippen molar-refractivity contribution in [1.29, 1.82) is 0 Å². The molecule has 0 unspecified atom stereocenters. The van der Waals surface area contributed by atoms with Gasteiger partial charge in [0.05, 0.1) is 4.88 Å². The molecule has 23 heavy (non-hydrogen) atoms. The number of carbonyl (C=O) groups excluding carboxylic acids is 1. The number of hydrogen-bond donors (Lipinski definition) is 2. The Morgan fingerprint density at radius 2 is 1.78 bits per heavy atom. The molecule has 1 aromatic heterocycles.